The van der Waals surface area contributed by atoms with Gasteiger partial charge in [0.05, 0.1) is 6.61 Å². The molecule has 98 valence electrons. The molecule has 0 unspecified atom stereocenters. The summed E-state index contributed by atoms with van der Waals surface area (Å²) < 4.78 is 5.48. The Morgan fingerprint density at radius 2 is 1.67 bits per heavy atom. The van der Waals surface area contributed by atoms with Gasteiger partial charge < -0.3 is 4.74 Å². The molecule has 0 spiro atoms. The molecule has 0 amide bonds. The van der Waals surface area contributed by atoms with Crippen molar-refractivity contribution < 1.29 is 4.74 Å². The molecule has 0 bridgehead atoms. The van der Waals surface area contributed by atoms with E-state index in [9.17, 15) is 0 Å². The standard InChI is InChI=1S/C17H24O/c1-5-16-9-11-17(12-10-16)8-6-7-13-18-15(4)14(2)3/h9-12H,2,4-8,13H2,1,3H3. The molecule has 0 saturated carbocycles. The highest BCUT2D eigenvalue weighted by Crippen LogP contribution is 2.10. The molecule has 0 heterocycles. The quantitative estimate of drug-likeness (QED) is 0.366. The Hall–Kier alpha value is -1.50. The molecule has 0 atom stereocenters. The lowest BCUT2D eigenvalue weighted by Crippen LogP contribution is -1.96. The van der Waals surface area contributed by atoms with E-state index in [-0.39, 0.29) is 0 Å². The van der Waals surface area contributed by atoms with Crippen LogP contribution in [0.4, 0.5) is 0 Å². The van der Waals surface area contributed by atoms with Crippen molar-refractivity contribution in [2.24, 2.45) is 0 Å². The maximum absolute atomic E-state index is 5.48. The number of rotatable bonds is 8. The topological polar surface area (TPSA) is 9.23 Å². The first kappa shape index (κ1) is 14.6. The summed E-state index contributed by atoms with van der Waals surface area (Å²) in [6, 6.07) is 8.89. The fourth-order valence-corrected chi connectivity index (χ4v) is 1.69. The van der Waals surface area contributed by atoms with Crippen LogP contribution in [0.1, 0.15) is 37.8 Å². The van der Waals surface area contributed by atoms with Crippen LogP contribution in [0.25, 0.3) is 0 Å². The average molecular weight is 244 g/mol. The molecule has 1 aromatic rings. The first-order valence-electron chi connectivity index (χ1n) is 6.69. The minimum Gasteiger partial charge on any atom is -0.494 e. The van der Waals surface area contributed by atoms with E-state index in [1.807, 2.05) is 6.92 Å². The van der Waals surface area contributed by atoms with E-state index in [0.717, 1.165) is 37.9 Å². The lowest BCUT2D eigenvalue weighted by atomic mass is 10.1. The fourth-order valence-electron chi connectivity index (χ4n) is 1.69. The summed E-state index contributed by atoms with van der Waals surface area (Å²) in [6.07, 6.45) is 4.43. The number of hydrogen-bond donors (Lipinski definition) is 0. The number of allylic oxidation sites excluding steroid dienone is 1. The Labute approximate surface area is 111 Å². The van der Waals surface area contributed by atoms with Gasteiger partial charge in [-0.15, -0.1) is 0 Å². The first-order chi connectivity index (χ1) is 8.63. The number of aryl methyl sites for hydroxylation is 2. The van der Waals surface area contributed by atoms with Gasteiger partial charge in [0.15, 0.2) is 0 Å². The van der Waals surface area contributed by atoms with E-state index < -0.39 is 0 Å². The summed E-state index contributed by atoms with van der Waals surface area (Å²) in [5.41, 5.74) is 3.72. The predicted octanol–water partition coefficient (Wildman–Crippen LogP) is 4.68. The van der Waals surface area contributed by atoms with Crippen molar-refractivity contribution >= 4 is 0 Å². The van der Waals surface area contributed by atoms with E-state index in [1.54, 1.807) is 0 Å². The molecule has 0 N–H and O–H groups in total. The van der Waals surface area contributed by atoms with E-state index in [0.29, 0.717) is 5.76 Å². The molecule has 1 nitrogen and oxygen atoms in total. The predicted molar refractivity (Wildman–Crippen MR) is 78.7 cm³/mol. The van der Waals surface area contributed by atoms with Gasteiger partial charge in [0, 0.05) is 0 Å². The van der Waals surface area contributed by atoms with Crippen LogP contribution in [0, 0.1) is 0 Å². The van der Waals surface area contributed by atoms with Crippen molar-refractivity contribution in [2.45, 2.75) is 39.5 Å². The zero-order valence-electron chi connectivity index (χ0n) is 11.7. The summed E-state index contributed by atoms with van der Waals surface area (Å²) in [7, 11) is 0. The molecule has 0 aromatic heterocycles. The Bertz CT molecular complexity index is 387. The van der Waals surface area contributed by atoms with E-state index in [4.69, 9.17) is 4.74 Å². The van der Waals surface area contributed by atoms with Crippen LogP contribution in [-0.4, -0.2) is 6.61 Å². The molecule has 0 radical (unpaired) electrons. The number of unbranched alkanes of at least 4 members (excludes halogenated alkanes) is 1. The van der Waals surface area contributed by atoms with Crippen LogP contribution in [0.2, 0.25) is 0 Å². The van der Waals surface area contributed by atoms with Gasteiger partial charge in [0.1, 0.15) is 5.76 Å². The van der Waals surface area contributed by atoms with E-state index in [1.165, 1.54) is 11.1 Å². The third kappa shape index (κ3) is 5.22. The highest BCUT2D eigenvalue weighted by Gasteiger charge is 1.97. The largest absolute Gasteiger partial charge is 0.494 e. The number of ether oxygens (including phenoxy) is 1. The van der Waals surface area contributed by atoms with Crippen molar-refractivity contribution in [1.82, 2.24) is 0 Å². The smallest absolute Gasteiger partial charge is 0.114 e. The van der Waals surface area contributed by atoms with Gasteiger partial charge in [0.2, 0.25) is 0 Å². The molecule has 0 aliphatic heterocycles. The Morgan fingerprint density at radius 1 is 1.06 bits per heavy atom. The van der Waals surface area contributed by atoms with Gasteiger partial charge in [-0.25, -0.2) is 0 Å². The molecular formula is C17H24O. The third-order valence-corrected chi connectivity index (χ3v) is 3.04. The maximum atomic E-state index is 5.48. The molecule has 0 aliphatic rings. The van der Waals surface area contributed by atoms with E-state index >= 15 is 0 Å². The summed E-state index contributed by atoms with van der Waals surface area (Å²) >= 11 is 0. The summed E-state index contributed by atoms with van der Waals surface area (Å²) in [5, 5.41) is 0. The van der Waals surface area contributed by atoms with Gasteiger partial charge in [-0.3, -0.25) is 0 Å². The number of hydrogen-bond acceptors (Lipinski definition) is 1. The molecule has 0 fully saturated rings. The molecule has 0 saturated heterocycles. The zero-order chi connectivity index (χ0) is 13.4. The van der Waals surface area contributed by atoms with Gasteiger partial charge in [-0.05, 0) is 49.3 Å². The van der Waals surface area contributed by atoms with Gasteiger partial charge >= 0.3 is 0 Å². The molecule has 1 aromatic carbocycles. The number of benzene rings is 1. The third-order valence-electron chi connectivity index (χ3n) is 3.04. The zero-order valence-corrected chi connectivity index (χ0v) is 11.7. The second-order valence-corrected chi connectivity index (χ2v) is 4.68. The van der Waals surface area contributed by atoms with Crippen LogP contribution < -0.4 is 0 Å². The Morgan fingerprint density at radius 3 is 2.22 bits per heavy atom. The maximum Gasteiger partial charge on any atom is 0.114 e. The van der Waals surface area contributed by atoms with Crippen LogP contribution in [0.15, 0.2) is 48.8 Å². The lowest BCUT2D eigenvalue weighted by molar-refractivity contribution is 0.215. The van der Waals surface area contributed by atoms with Crippen LogP contribution >= 0.6 is 0 Å². The van der Waals surface area contributed by atoms with Crippen molar-refractivity contribution in [1.29, 1.82) is 0 Å². The minimum absolute atomic E-state index is 0.710. The molecule has 1 heteroatoms. The highest BCUT2D eigenvalue weighted by molar-refractivity contribution is 5.22. The lowest BCUT2D eigenvalue weighted by Gasteiger charge is -2.08. The van der Waals surface area contributed by atoms with Gasteiger partial charge in [0.25, 0.3) is 0 Å². The second kappa shape index (κ2) is 7.75. The molecule has 0 aliphatic carbocycles. The molecule has 1 rings (SSSR count). The summed E-state index contributed by atoms with van der Waals surface area (Å²) in [5.74, 6) is 0.710. The van der Waals surface area contributed by atoms with Crippen molar-refractivity contribution in [3.05, 3.63) is 59.9 Å². The average Bonchev–Trinajstić information content (AvgIpc) is 2.38. The van der Waals surface area contributed by atoms with Crippen LogP contribution in [0.5, 0.6) is 0 Å². The van der Waals surface area contributed by atoms with Crippen LogP contribution in [-0.2, 0) is 17.6 Å². The van der Waals surface area contributed by atoms with Crippen molar-refractivity contribution in [3.8, 4) is 0 Å². The Kier molecular flexibility index (Phi) is 6.27. The van der Waals surface area contributed by atoms with Crippen LogP contribution in [0.3, 0.4) is 0 Å². The SMILES string of the molecule is C=C(C)C(=C)OCCCCc1ccc(CC)cc1. The normalized spacial score (nSPS) is 10.1. The van der Waals surface area contributed by atoms with Crippen molar-refractivity contribution in [2.75, 3.05) is 6.61 Å². The monoisotopic (exact) mass is 244 g/mol. The summed E-state index contributed by atoms with van der Waals surface area (Å²) in [6.45, 7) is 12.4. The van der Waals surface area contributed by atoms with E-state index in [2.05, 4.69) is 44.3 Å². The molecule has 18 heavy (non-hydrogen) atoms. The second-order valence-electron chi connectivity index (χ2n) is 4.68. The summed E-state index contributed by atoms with van der Waals surface area (Å²) in [4.78, 5) is 0. The fraction of sp³-hybridized carbons (Fsp3) is 0.412. The highest BCUT2D eigenvalue weighted by atomic mass is 16.5. The van der Waals surface area contributed by atoms with Crippen molar-refractivity contribution in [3.63, 3.8) is 0 Å². The Balaban J connectivity index is 2.17. The van der Waals surface area contributed by atoms with Gasteiger partial charge in [-0.2, -0.15) is 0 Å². The minimum atomic E-state index is 0.710. The van der Waals surface area contributed by atoms with Gasteiger partial charge in [-0.1, -0.05) is 44.3 Å². The molecular weight excluding hydrogens is 220 g/mol. The first-order valence-corrected chi connectivity index (χ1v) is 6.69.